The van der Waals surface area contributed by atoms with Crippen molar-refractivity contribution in [3.05, 3.63) is 36.5 Å². The zero-order chi connectivity index (χ0) is 7.11. The molecule has 0 saturated heterocycles. The minimum absolute atomic E-state index is 0.968. The van der Waals surface area contributed by atoms with E-state index in [9.17, 15) is 0 Å². The SMILES string of the molecule is C=CCC=C(C)C=CC. The van der Waals surface area contributed by atoms with Crippen molar-refractivity contribution in [2.75, 3.05) is 0 Å². The van der Waals surface area contributed by atoms with Gasteiger partial charge in [-0.05, 0) is 20.3 Å². The fourth-order valence-corrected chi connectivity index (χ4v) is 0.600. The summed E-state index contributed by atoms with van der Waals surface area (Å²) in [6.07, 6.45) is 9.13. The standard InChI is InChI=1S/C9H14/c1-4-6-8-9(3)7-5-2/h4-5,7-8H,1,6H2,2-3H3. The van der Waals surface area contributed by atoms with Crippen LogP contribution in [-0.2, 0) is 0 Å². The van der Waals surface area contributed by atoms with Crippen molar-refractivity contribution in [1.82, 2.24) is 0 Å². The van der Waals surface area contributed by atoms with Gasteiger partial charge in [0.1, 0.15) is 0 Å². The van der Waals surface area contributed by atoms with E-state index in [-0.39, 0.29) is 0 Å². The van der Waals surface area contributed by atoms with Gasteiger partial charge < -0.3 is 0 Å². The van der Waals surface area contributed by atoms with Crippen LogP contribution in [0.1, 0.15) is 20.3 Å². The van der Waals surface area contributed by atoms with Gasteiger partial charge >= 0.3 is 0 Å². The van der Waals surface area contributed by atoms with Crippen LogP contribution in [0.25, 0.3) is 0 Å². The summed E-state index contributed by atoms with van der Waals surface area (Å²) in [5.41, 5.74) is 1.30. The van der Waals surface area contributed by atoms with Gasteiger partial charge in [0.05, 0.1) is 0 Å². The molecule has 0 aromatic heterocycles. The molecular weight excluding hydrogens is 108 g/mol. The third-order valence-electron chi connectivity index (χ3n) is 1.04. The van der Waals surface area contributed by atoms with Crippen LogP contribution in [0.15, 0.2) is 36.5 Å². The summed E-state index contributed by atoms with van der Waals surface area (Å²) in [7, 11) is 0. The molecule has 0 N–H and O–H groups in total. The summed E-state index contributed by atoms with van der Waals surface area (Å²) in [5, 5.41) is 0. The second kappa shape index (κ2) is 5.36. The summed E-state index contributed by atoms with van der Waals surface area (Å²) in [5.74, 6) is 0. The molecule has 0 saturated carbocycles. The molecule has 0 fully saturated rings. The molecule has 0 aliphatic heterocycles. The van der Waals surface area contributed by atoms with Crippen LogP contribution in [0.4, 0.5) is 0 Å². The monoisotopic (exact) mass is 122 g/mol. The molecule has 0 aromatic rings. The highest BCUT2D eigenvalue weighted by molar-refractivity contribution is 5.15. The van der Waals surface area contributed by atoms with Crippen LogP contribution < -0.4 is 0 Å². The van der Waals surface area contributed by atoms with Gasteiger partial charge in [0.2, 0.25) is 0 Å². The molecule has 0 aromatic carbocycles. The van der Waals surface area contributed by atoms with Crippen LogP contribution in [0.2, 0.25) is 0 Å². The smallest absolute Gasteiger partial charge is 0.0166 e. The van der Waals surface area contributed by atoms with Crippen LogP contribution >= 0.6 is 0 Å². The molecule has 0 aliphatic carbocycles. The number of rotatable bonds is 3. The lowest BCUT2D eigenvalue weighted by Gasteiger charge is -1.86. The topological polar surface area (TPSA) is 0 Å². The van der Waals surface area contributed by atoms with E-state index < -0.39 is 0 Å². The summed E-state index contributed by atoms with van der Waals surface area (Å²) in [4.78, 5) is 0. The lowest BCUT2D eigenvalue weighted by molar-refractivity contribution is 1.34. The zero-order valence-corrected chi connectivity index (χ0v) is 6.22. The molecule has 0 heteroatoms. The van der Waals surface area contributed by atoms with Crippen molar-refractivity contribution >= 4 is 0 Å². The molecule has 0 rings (SSSR count). The first-order valence-electron chi connectivity index (χ1n) is 3.21. The van der Waals surface area contributed by atoms with E-state index in [1.807, 2.05) is 19.1 Å². The first-order valence-corrected chi connectivity index (χ1v) is 3.21. The molecule has 0 bridgehead atoms. The van der Waals surface area contributed by atoms with Crippen molar-refractivity contribution in [3.63, 3.8) is 0 Å². The number of hydrogen-bond acceptors (Lipinski definition) is 0. The maximum absolute atomic E-state index is 3.62. The van der Waals surface area contributed by atoms with E-state index >= 15 is 0 Å². The third-order valence-corrected chi connectivity index (χ3v) is 1.04. The normalized spacial score (nSPS) is 12.4. The molecule has 0 spiro atoms. The third kappa shape index (κ3) is 5.09. The van der Waals surface area contributed by atoms with Crippen molar-refractivity contribution in [1.29, 1.82) is 0 Å². The van der Waals surface area contributed by atoms with Gasteiger partial charge in [0, 0.05) is 0 Å². The van der Waals surface area contributed by atoms with E-state index in [1.165, 1.54) is 5.57 Å². The first-order chi connectivity index (χ1) is 4.31. The quantitative estimate of drug-likeness (QED) is 0.398. The van der Waals surface area contributed by atoms with Crippen molar-refractivity contribution in [2.45, 2.75) is 20.3 Å². The lowest BCUT2D eigenvalue weighted by atomic mass is 10.2. The van der Waals surface area contributed by atoms with Crippen LogP contribution in [0.3, 0.4) is 0 Å². The van der Waals surface area contributed by atoms with Crippen LogP contribution in [0, 0.1) is 0 Å². The lowest BCUT2D eigenvalue weighted by Crippen LogP contribution is -1.65. The molecule has 0 atom stereocenters. The fraction of sp³-hybridized carbons (Fsp3) is 0.333. The highest BCUT2D eigenvalue weighted by Crippen LogP contribution is 1.96. The molecular formula is C9H14. The van der Waals surface area contributed by atoms with Gasteiger partial charge in [-0.2, -0.15) is 0 Å². The van der Waals surface area contributed by atoms with Crippen molar-refractivity contribution in [2.24, 2.45) is 0 Å². The number of allylic oxidation sites excluding steroid dienone is 5. The van der Waals surface area contributed by atoms with E-state index in [2.05, 4.69) is 25.7 Å². The summed E-state index contributed by atoms with van der Waals surface area (Å²) >= 11 is 0. The van der Waals surface area contributed by atoms with Crippen molar-refractivity contribution in [3.8, 4) is 0 Å². The Labute approximate surface area is 57.6 Å². The van der Waals surface area contributed by atoms with Gasteiger partial charge in [-0.25, -0.2) is 0 Å². The predicted octanol–water partition coefficient (Wildman–Crippen LogP) is 3.08. The van der Waals surface area contributed by atoms with E-state index in [1.54, 1.807) is 0 Å². The maximum atomic E-state index is 3.62. The summed E-state index contributed by atoms with van der Waals surface area (Å²) in [6, 6.07) is 0. The maximum Gasteiger partial charge on any atom is -0.0166 e. The Morgan fingerprint density at radius 1 is 1.56 bits per heavy atom. The molecule has 0 aliphatic rings. The second-order valence-electron chi connectivity index (χ2n) is 1.97. The largest absolute Gasteiger partial charge is 0.103 e. The van der Waals surface area contributed by atoms with Crippen LogP contribution in [0.5, 0.6) is 0 Å². The average Bonchev–Trinajstić information content (AvgIpc) is 1.85. The van der Waals surface area contributed by atoms with Gasteiger partial charge in [-0.1, -0.05) is 29.9 Å². The summed E-state index contributed by atoms with van der Waals surface area (Å²) in [6.45, 7) is 7.73. The highest BCUT2D eigenvalue weighted by Gasteiger charge is 1.75. The van der Waals surface area contributed by atoms with Crippen molar-refractivity contribution < 1.29 is 0 Å². The van der Waals surface area contributed by atoms with E-state index in [4.69, 9.17) is 0 Å². The Kier molecular flexibility index (Phi) is 4.89. The minimum Gasteiger partial charge on any atom is -0.103 e. The molecule has 0 amide bonds. The average molecular weight is 122 g/mol. The van der Waals surface area contributed by atoms with E-state index in [0.29, 0.717) is 0 Å². The Morgan fingerprint density at radius 2 is 2.22 bits per heavy atom. The fourth-order valence-electron chi connectivity index (χ4n) is 0.600. The molecule has 9 heavy (non-hydrogen) atoms. The van der Waals surface area contributed by atoms with Gasteiger partial charge in [0.25, 0.3) is 0 Å². The van der Waals surface area contributed by atoms with Gasteiger partial charge in [-0.15, -0.1) is 6.58 Å². The Bertz CT molecular complexity index is 127. The van der Waals surface area contributed by atoms with Crippen LogP contribution in [-0.4, -0.2) is 0 Å². The highest BCUT2D eigenvalue weighted by atomic mass is 13.8. The Balaban J connectivity index is 3.68. The van der Waals surface area contributed by atoms with E-state index in [0.717, 1.165) is 6.42 Å². The zero-order valence-electron chi connectivity index (χ0n) is 6.22. The molecule has 0 heterocycles. The molecule has 0 nitrogen and oxygen atoms in total. The Morgan fingerprint density at radius 3 is 2.67 bits per heavy atom. The summed E-state index contributed by atoms with van der Waals surface area (Å²) < 4.78 is 0. The van der Waals surface area contributed by atoms with Gasteiger partial charge in [0.15, 0.2) is 0 Å². The Hall–Kier alpha value is -0.780. The molecule has 50 valence electrons. The number of hydrogen-bond donors (Lipinski definition) is 0. The second-order valence-corrected chi connectivity index (χ2v) is 1.97. The molecule has 0 unspecified atom stereocenters. The minimum atomic E-state index is 0.968. The first kappa shape index (κ1) is 8.22. The van der Waals surface area contributed by atoms with Gasteiger partial charge in [-0.3, -0.25) is 0 Å². The molecule has 0 radical (unpaired) electrons. The predicted molar refractivity (Wildman–Crippen MR) is 43.4 cm³/mol.